The van der Waals surface area contributed by atoms with Gasteiger partial charge in [0.25, 0.3) is 0 Å². The zero-order valence-electron chi connectivity index (χ0n) is 12.0. The van der Waals surface area contributed by atoms with E-state index in [9.17, 15) is 5.11 Å². The summed E-state index contributed by atoms with van der Waals surface area (Å²) < 4.78 is 5.51. The van der Waals surface area contributed by atoms with E-state index in [1.807, 2.05) is 42.5 Å². The Morgan fingerprint density at radius 1 is 0.900 bits per heavy atom. The van der Waals surface area contributed by atoms with E-state index >= 15 is 0 Å². The van der Waals surface area contributed by atoms with Crippen molar-refractivity contribution in [2.24, 2.45) is 0 Å². The molecule has 106 valence electrons. The van der Waals surface area contributed by atoms with E-state index in [-0.39, 0.29) is 0 Å². The van der Waals surface area contributed by atoms with Crippen LogP contribution in [0.15, 0.2) is 54.6 Å². The second-order valence-electron chi connectivity index (χ2n) is 4.96. The molecule has 2 aromatic carbocycles. The normalized spacial score (nSPS) is 12.1. The van der Waals surface area contributed by atoms with E-state index in [1.165, 1.54) is 5.56 Å². The van der Waals surface area contributed by atoms with Crippen LogP contribution in [0.2, 0.25) is 0 Å². The van der Waals surface area contributed by atoms with E-state index < -0.39 is 6.29 Å². The molecule has 2 rings (SSSR count). The van der Waals surface area contributed by atoms with E-state index in [0.717, 1.165) is 24.8 Å². The van der Waals surface area contributed by atoms with Crippen molar-refractivity contribution in [2.45, 2.75) is 38.9 Å². The van der Waals surface area contributed by atoms with Crippen LogP contribution < -0.4 is 4.74 Å². The van der Waals surface area contributed by atoms with Gasteiger partial charge in [0.2, 0.25) is 0 Å². The van der Waals surface area contributed by atoms with E-state index in [2.05, 4.69) is 19.1 Å². The summed E-state index contributed by atoms with van der Waals surface area (Å²) in [5.41, 5.74) is 2.33. The minimum Gasteiger partial charge on any atom is -0.465 e. The highest BCUT2D eigenvalue weighted by Crippen LogP contribution is 2.22. The molecule has 2 nitrogen and oxygen atoms in total. The van der Waals surface area contributed by atoms with Crippen LogP contribution in [0.25, 0.3) is 11.1 Å². The number of ether oxygens (including phenoxy) is 1. The molecular formula is C18H22O2. The van der Waals surface area contributed by atoms with Crippen molar-refractivity contribution in [3.8, 4) is 16.9 Å². The Morgan fingerprint density at radius 2 is 1.55 bits per heavy atom. The summed E-state index contributed by atoms with van der Waals surface area (Å²) in [4.78, 5) is 0. The predicted molar refractivity (Wildman–Crippen MR) is 82.7 cm³/mol. The summed E-state index contributed by atoms with van der Waals surface area (Å²) in [5, 5.41) is 9.79. The predicted octanol–water partition coefficient (Wildman–Crippen LogP) is 4.63. The molecule has 0 saturated carbocycles. The molecule has 0 fully saturated rings. The number of hydrogen-bond donors (Lipinski definition) is 1. The fourth-order valence-corrected chi connectivity index (χ4v) is 2.14. The van der Waals surface area contributed by atoms with Gasteiger partial charge in [0.15, 0.2) is 6.29 Å². The van der Waals surface area contributed by atoms with Gasteiger partial charge in [-0.1, -0.05) is 62.2 Å². The second kappa shape index (κ2) is 7.71. The van der Waals surface area contributed by atoms with Gasteiger partial charge in [-0.2, -0.15) is 0 Å². The smallest absolute Gasteiger partial charge is 0.197 e. The molecule has 0 aromatic heterocycles. The lowest BCUT2D eigenvalue weighted by Gasteiger charge is -2.13. The molecule has 0 radical (unpaired) electrons. The van der Waals surface area contributed by atoms with Crippen LogP contribution >= 0.6 is 0 Å². The number of unbranched alkanes of at least 4 members (excludes halogenated alkanes) is 2. The minimum absolute atomic E-state index is 0.689. The van der Waals surface area contributed by atoms with Gasteiger partial charge >= 0.3 is 0 Å². The highest BCUT2D eigenvalue weighted by Gasteiger charge is 2.05. The Hall–Kier alpha value is -1.80. The quantitative estimate of drug-likeness (QED) is 0.587. The summed E-state index contributed by atoms with van der Waals surface area (Å²) in [6.07, 6.45) is 3.27. The average molecular weight is 270 g/mol. The van der Waals surface area contributed by atoms with Crippen LogP contribution in [0.5, 0.6) is 5.75 Å². The van der Waals surface area contributed by atoms with Gasteiger partial charge < -0.3 is 9.84 Å². The fraction of sp³-hybridized carbons (Fsp3) is 0.333. The lowest BCUT2D eigenvalue weighted by atomic mass is 10.1. The summed E-state index contributed by atoms with van der Waals surface area (Å²) in [6, 6.07) is 18.1. The third kappa shape index (κ3) is 4.39. The van der Waals surface area contributed by atoms with Crippen molar-refractivity contribution < 1.29 is 9.84 Å². The Balaban J connectivity index is 1.92. The maximum absolute atomic E-state index is 9.79. The molecule has 1 N–H and O–H groups in total. The third-order valence-corrected chi connectivity index (χ3v) is 3.29. The summed E-state index contributed by atoms with van der Waals surface area (Å²) >= 11 is 0. The number of hydrogen-bond acceptors (Lipinski definition) is 2. The van der Waals surface area contributed by atoms with Crippen molar-refractivity contribution in [2.75, 3.05) is 0 Å². The zero-order valence-corrected chi connectivity index (χ0v) is 12.0. The molecule has 0 aliphatic heterocycles. The maximum atomic E-state index is 9.79. The average Bonchev–Trinajstić information content (AvgIpc) is 2.49. The van der Waals surface area contributed by atoms with Gasteiger partial charge in [0.1, 0.15) is 5.75 Å². The summed E-state index contributed by atoms with van der Waals surface area (Å²) in [6.45, 7) is 2.15. The molecule has 1 unspecified atom stereocenters. The first-order valence-electron chi connectivity index (χ1n) is 7.30. The van der Waals surface area contributed by atoms with E-state index in [1.54, 1.807) is 0 Å². The zero-order chi connectivity index (χ0) is 14.2. The monoisotopic (exact) mass is 270 g/mol. The summed E-state index contributed by atoms with van der Waals surface area (Å²) in [5.74, 6) is 0.716. The molecule has 0 bridgehead atoms. The molecule has 20 heavy (non-hydrogen) atoms. The molecule has 2 heteroatoms. The maximum Gasteiger partial charge on any atom is 0.197 e. The number of benzene rings is 2. The van der Waals surface area contributed by atoms with Gasteiger partial charge in [-0.3, -0.25) is 0 Å². The second-order valence-corrected chi connectivity index (χ2v) is 4.96. The van der Waals surface area contributed by atoms with Gasteiger partial charge in [-0.25, -0.2) is 0 Å². The Kier molecular flexibility index (Phi) is 5.63. The topological polar surface area (TPSA) is 29.5 Å². The van der Waals surface area contributed by atoms with Gasteiger partial charge in [-0.05, 0) is 29.7 Å². The first-order valence-corrected chi connectivity index (χ1v) is 7.30. The molecular weight excluding hydrogens is 248 g/mol. The van der Waals surface area contributed by atoms with Gasteiger partial charge in [0.05, 0.1) is 0 Å². The highest BCUT2D eigenvalue weighted by molar-refractivity contribution is 5.63. The molecule has 0 spiro atoms. The Labute approximate surface area is 121 Å². The standard InChI is InChI=1S/C18H22O2/c1-2-3-5-10-18(19)20-17-13-11-16(12-14-17)15-8-6-4-7-9-15/h4,6-9,11-14,18-19H,2-3,5,10H2,1H3. The Bertz CT molecular complexity index is 491. The van der Waals surface area contributed by atoms with Crippen LogP contribution in [0.4, 0.5) is 0 Å². The van der Waals surface area contributed by atoms with Crippen molar-refractivity contribution in [3.63, 3.8) is 0 Å². The van der Waals surface area contributed by atoms with E-state index in [0.29, 0.717) is 12.2 Å². The van der Waals surface area contributed by atoms with Crippen LogP contribution in [0.3, 0.4) is 0 Å². The van der Waals surface area contributed by atoms with Crippen molar-refractivity contribution in [1.82, 2.24) is 0 Å². The lowest BCUT2D eigenvalue weighted by molar-refractivity contribution is -0.0245. The lowest BCUT2D eigenvalue weighted by Crippen LogP contribution is -2.15. The summed E-state index contributed by atoms with van der Waals surface area (Å²) in [7, 11) is 0. The van der Waals surface area contributed by atoms with Gasteiger partial charge in [0, 0.05) is 6.42 Å². The number of rotatable bonds is 7. The molecule has 0 aliphatic rings. The van der Waals surface area contributed by atoms with Crippen LogP contribution in [-0.4, -0.2) is 11.4 Å². The van der Waals surface area contributed by atoms with Crippen molar-refractivity contribution >= 4 is 0 Å². The Morgan fingerprint density at radius 3 is 2.20 bits per heavy atom. The molecule has 1 atom stereocenters. The van der Waals surface area contributed by atoms with Gasteiger partial charge in [-0.15, -0.1) is 0 Å². The SMILES string of the molecule is CCCCCC(O)Oc1ccc(-c2ccccc2)cc1. The molecule has 0 amide bonds. The molecule has 0 heterocycles. The minimum atomic E-state index is -0.705. The first kappa shape index (κ1) is 14.6. The molecule has 0 saturated heterocycles. The molecule has 2 aromatic rings. The van der Waals surface area contributed by atoms with Crippen LogP contribution in [0, 0.1) is 0 Å². The fourth-order valence-electron chi connectivity index (χ4n) is 2.14. The largest absolute Gasteiger partial charge is 0.465 e. The molecule has 0 aliphatic carbocycles. The first-order chi connectivity index (χ1) is 9.79. The number of aliphatic hydroxyl groups is 1. The van der Waals surface area contributed by atoms with Crippen molar-refractivity contribution in [3.05, 3.63) is 54.6 Å². The van der Waals surface area contributed by atoms with Crippen LogP contribution in [-0.2, 0) is 0 Å². The highest BCUT2D eigenvalue weighted by atomic mass is 16.6. The number of aliphatic hydroxyl groups excluding tert-OH is 1. The van der Waals surface area contributed by atoms with Crippen molar-refractivity contribution in [1.29, 1.82) is 0 Å². The third-order valence-electron chi connectivity index (χ3n) is 3.29. The van der Waals surface area contributed by atoms with E-state index in [4.69, 9.17) is 4.74 Å². The van der Waals surface area contributed by atoms with Crippen LogP contribution in [0.1, 0.15) is 32.6 Å².